The molecule has 1 atom stereocenters. The van der Waals surface area contributed by atoms with Crippen LogP contribution in [0.2, 0.25) is 0 Å². The Morgan fingerprint density at radius 1 is 0.926 bits per heavy atom. The van der Waals surface area contributed by atoms with Gasteiger partial charge in [-0.2, -0.15) is 17.0 Å². The molecule has 0 saturated carbocycles. The van der Waals surface area contributed by atoms with Gasteiger partial charge in [-0.25, -0.2) is 4.79 Å². The van der Waals surface area contributed by atoms with Gasteiger partial charge in [-0.3, -0.25) is 0 Å². The van der Waals surface area contributed by atoms with E-state index in [1.165, 1.54) is 11.1 Å². The van der Waals surface area contributed by atoms with Crippen molar-refractivity contribution in [1.82, 2.24) is 18.8 Å². The number of benzene rings is 1. The molecule has 7 nitrogen and oxygen atoms in total. The van der Waals surface area contributed by atoms with Crippen molar-refractivity contribution in [3.8, 4) is 0 Å². The average molecular weight is 393 g/mol. The number of amides is 2. The highest BCUT2D eigenvalue weighted by Gasteiger charge is 2.34. The first kappa shape index (κ1) is 18.7. The minimum Gasteiger partial charge on any atom is -0.331 e. The second-order valence-corrected chi connectivity index (χ2v) is 9.52. The summed E-state index contributed by atoms with van der Waals surface area (Å²) < 4.78 is 28.7. The molecule has 1 aliphatic carbocycles. The fourth-order valence-corrected chi connectivity index (χ4v) is 6.08. The summed E-state index contributed by atoms with van der Waals surface area (Å²) in [5.74, 6) is 0. The molecule has 1 aromatic carbocycles. The maximum absolute atomic E-state index is 12.8. The van der Waals surface area contributed by atoms with Crippen LogP contribution >= 0.6 is 0 Å². The maximum atomic E-state index is 12.8. The summed E-state index contributed by atoms with van der Waals surface area (Å²) in [6, 6.07) is 8.22. The van der Waals surface area contributed by atoms with E-state index < -0.39 is 10.2 Å². The summed E-state index contributed by atoms with van der Waals surface area (Å²) in [6.07, 6.45) is 4.45. The van der Waals surface area contributed by atoms with Gasteiger partial charge in [0.2, 0.25) is 0 Å². The Morgan fingerprint density at radius 2 is 1.63 bits per heavy atom. The van der Waals surface area contributed by atoms with E-state index in [-0.39, 0.29) is 12.1 Å². The topological polar surface area (TPSA) is 73.0 Å². The standard InChI is InChI=1S/C19H28N4O3S/c24-19(20-18-9-8-16-6-1-2-7-17(16)18)21-10-5-13-23(15-14-21)27(25,26)22-11-3-4-12-22/h1-2,6-7,18H,3-5,8-15H2,(H,20,24)/t18-/m1/s1. The summed E-state index contributed by atoms with van der Waals surface area (Å²) in [5, 5.41) is 3.15. The number of rotatable bonds is 3. The highest BCUT2D eigenvalue weighted by atomic mass is 32.2. The van der Waals surface area contributed by atoms with Crippen molar-refractivity contribution in [2.75, 3.05) is 39.3 Å². The van der Waals surface area contributed by atoms with Gasteiger partial charge in [0, 0.05) is 39.3 Å². The first-order chi connectivity index (χ1) is 13.1. The first-order valence-corrected chi connectivity index (χ1v) is 11.3. The lowest BCUT2D eigenvalue weighted by Gasteiger charge is -2.26. The maximum Gasteiger partial charge on any atom is 0.317 e. The highest BCUT2D eigenvalue weighted by Crippen LogP contribution is 2.30. The average Bonchev–Trinajstić information content (AvgIpc) is 3.27. The van der Waals surface area contributed by atoms with Gasteiger partial charge in [0.1, 0.15) is 0 Å². The Hall–Kier alpha value is -1.64. The van der Waals surface area contributed by atoms with Crippen LogP contribution in [0.5, 0.6) is 0 Å². The normalized spacial score (nSPS) is 24.6. The van der Waals surface area contributed by atoms with E-state index in [0.717, 1.165) is 25.7 Å². The van der Waals surface area contributed by atoms with E-state index in [1.807, 2.05) is 12.1 Å². The SMILES string of the molecule is O=C(N[C@@H]1CCc2ccccc21)N1CCCN(S(=O)(=O)N2CCCC2)CC1. The second-order valence-electron chi connectivity index (χ2n) is 7.59. The summed E-state index contributed by atoms with van der Waals surface area (Å²) in [5.41, 5.74) is 2.51. The van der Waals surface area contributed by atoms with Crippen LogP contribution in [-0.4, -0.2) is 67.2 Å². The van der Waals surface area contributed by atoms with Crippen molar-refractivity contribution in [3.05, 3.63) is 35.4 Å². The molecule has 0 radical (unpaired) electrons. The number of hydrogen-bond donors (Lipinski definition) is 1. The zero-order valence-corrected chi connectivity index (χ0v) is 16.5. The predicted molar refractivity (Wildman–Crippen MR) is 104 cm³/mol. The lowest BCUT2D eigenvalue weighted by atomic mass is 10.1. The Morgan fingerprint density at radius 3 is 2.44 bits per heavy atom. The number of nitrogens with one attached hydrogen (secondary N) is 1. The smallest absolute Gasteiger partial charge is 0.317 e. The number of urea groups is 1. The third-order valence-electron chi connectivity index (χ3n) is 5.89. The molecule has 2 aliphatic heterocycles. The van der Waals surface area contributed by atoms with Crippen molar-refractivity contribution >= 4 is 16.2 Å². The van der Waals surface area contributed by atoms with Crippen LogP contribution in [0, 0.1) is 0 Å². The molecule has 1 N–H and O–H groups in total. The molecule has 2 heterocycles. The molecule has 2 fully saturated rings. The van der Waals surface area contributed by atoms with Gasteiger partial charge in [-0.05, 0) is 43.2 Å². The van der Waals surface area contributed by atoms with Gasteiger partial charge in [-0.15, -0.1) is 0 Å². The summed E-state index contributed by atoms with van der Waals surface area (Å²) in [4.78, 5) is 14.5. The number of fused-ring (bicyclic) bond motifs is 1. The molecule has 148 valence electrons. The molecule has 2 saturated heterocycles. The number of carbonyl (C=O) groups is 1. The van der Waals surface area contributed by atoms with Gasteiger partial charge in [0.05, 0.1) is 6.04 Å². The first-order valence-electron chi connectivity index (χ1n) is 9.94. The van der Waals surface area contributed by atoms with E-state index in [1.54, 1.807) is 13.5 Å². The predicted octanol–water partition coefficient (Wildman–Crippen LogP) is 1.73. The van der Waals surface area contributed by atoms with Gasteiger partial charge in [0.15, 0.2) is 0 Å². The van der Waals surface area contributed by atoms with Crippen LogP contribution in [-0.2, 0) is 16.6 Å². The van der Waals surface area contributed by atoms with Gasteiger partial charge in [0.25, 0.3) is 10.2 Å². The molecule has 0 aromatic heterocycles. The quantitative estimate of drug-likeness (QED) is 0.851. The third kappa shape index (κ3) is 3.83. The Kier molecular flexibility index (Phi) is 5.39. The Labute approximate surface area is 161 Å². The lowest BCUT2D eigenvalue weighted by Crippen LogP contribution is -2.46. The minimum atomic E-state index is -3.39. The number of aryl methyl sites for hydroxylation is 1. The molecule has 8 heteroatoms. The Bertz CT molecular complexity index is 792. The zero-order valence-electron chi connectivity index (χ0n) is 15.6. The van der Waals surface area contributed by atoms with Crippen molar-refractivity contribution in [2.24, 2.45) is 0 Å². The molecule has 3 aliphatic rings. The van der Waals surface area contributed by atoms with Crippen molar-refractivity contribution < 1.29 is 13.2 Å². The largest absolute Gasteiger partial charge is 0.331 e. The molecule has 0 unspecified atom stereocenters. The van der Waals surface area contributed by atoms with E-state index >= 15 is 0 Å². The molecular weight excluding hydrogens is 364 g/mol. The molecule has 0 bridgehead atoms. The Balaban J connectivity index is 1.36. The minimum absolute atomic E-state index is 0.0568. The van der Waals surface area contributed by atoms with Crippen molar-refractivity contribution in [3.63, 3.8) is 0 Å². The second kappa shape index (κ2) is 7.77. The molecule has 0 spiro atoms. The lowest BCUT2D eigenvalue weighted by molar-refractivity contribution is 0.196. The van der Waals surface area contributed by atoms with Crippen LogP contribution in [0.1, 0.15) is 42.9 Å². The van der Waals surface area contributed by atoms with Gasteiger partial charge >= 0.3 is 6.03 Å². The van der Waals surface area contributed by atoms with E-state index in [2.05, 4.69) is 17.4 Å². The monoisotopic (exact) mass is 392 g/mol. The molecule has 1 aromatic rings. The van der Waals surface area contributed by atoms with Crippen LogP contribution in [0.3, 0.4) is 0 Å². The summed E-state index contributed by atoms with van der Waals surface area (Å²) in [6.45, 7) is 3.11. The van der Waals surface area contributed by atoms with Crippen molar-refractivity contribution in [2.45, 2.75) is 38.1 Å². The van der Waals surface area contributed by atoms with E-state index in [0.29, 0.717) is 45.7 Å². The summed E-state index contributed by atoms with van der Waals surface area (Å²) in [7, 11) is -3.39. The van der Waals surface area contributed by atoms with Crippen LogP contribution in [0.25, 0.3) is 0 Å². The van der Waals surface area contributed by atoms with Crippen LogP contribution < -0.4 is 5.32 Å². The van der Waals surface area contributed by atoms with Crippen LogP contribution in [0.15, 0.2) is 24.3 Å². The van der Waals surface area contributed by atoms with Gasteiger partial charge < -0.3 is 10.2 Å². The van der Waals surface area contributed by atoms with Crippen LogP contribution in [0.4, 0.5) is 4.79 Å². The number of carbonyl (C=O) groups excluding carboxylic acids is 1. The fourth-order valence-electron chi connectivity index (χ4n) is 4.36. The third-order valence-corrected chi connectivity index (χ3v) is 7.93. The number of nitrogens with zero attached hydrogens (tertiary/aromatic N) is 3. The van der Waals surface area contributed by atoms with E-state index in [4.69, 9.17) is 0 Å². The van der Waals surface area contributed by atoms with E-state index in [9.17, 15) is 13.2 Å². The highest BCUT2D eigenvalue weighted by molar-refractivity contribution is 7.86. The molecule has 4 rings (SSSR count). The molecule has 27 heavy (non-hydrogen) atoms. The van der Waals surface area contributed by atoms with Gasteiger partial charge in [-0.1, -0.05) is 24.3 Å². The molecular formula is C19H28N4O3S. The molecule has 2 amide bonds. The zero-order chi connectivity index (χ0) is 18.9. The number of hydrogen-bond acceptors (Lipinski definition) is 3. The summed E-state index contributed by atoms with van der Waals surface area (Å²) >= 11 is 0. The fraction of sp³-hybridized carbons (Fsp3) is 0.632. The van der Waals surface area contributed by atoms with Crippen molar-refractivity contribution in [1.29, 1.82) is 0 Å².